The molecule has 4 aliphatic rings. The van der Waals surface area contributed by atoms with E-state index in [0.717, 1.165) is 43.4 Å². The van der Waals surface area contributed by atoms with Gasteiger partial charge in [-0.15, -0.1) is 0 Å². The van der Waals surface area contributed by atoms with Crippen molar-refractivity contribution < 1.29 is 24.3 Å². The van der Waals surface area contributed by atoms with Gasteiger partial charge in [-0.25, -0.2) is 4.79 Å². The summed E-state index contributed by atoms with van der Waals surface area (Å²) in [5.74, 6) is -1.48. The molecule has 2 saturated carbocycles. The lowest BCUT2D eigenvalue weighted by Crippen LogP contribution is -2.62. The first kappa shape index (κ1) is 25.9. The van der Waals surface area contributed by atoms with E-state index in [-0.39, 0.29) is 11.7 Å². The summed E-state index contributed by atoms with van der Waals surface area (Å²) in [7, 11) is 0. The highest BCUT2D eigenvalue weighted by Crippen LogP contribution is 2.48. The molecule has 2 heterocycles. The fourth-order valence-corrected chi connectivity index (χ4v) is 8.19. The van der Waals surface area contributed by atoms with Crippen LogP contribution in [0.3, 0.4) is 0 Å². The molecular formula is C29H39N3O5. The molecule has 1 aromatic carbocycles. The van der Waals surface area contributed by atoms with E-state index in [1.807, 2.05) is 0 Å². The molecule has 8 nitrogen and oxygen atoms in total. The van der Waals surface area contributed by atoms with Gasteiger partial charge >= 0.3 is 11.9 Å². The van der Waals surface area contributed by atoms with Crippen LogP contribution in [0.25, 0.3) is 0 Å². The number of nitrogens with one attached hydrogen (secondary N) is 1. The quantitative estimate of drug-likeness (QED) is 0.575. The maximum Gasteiger partial charge on any atom is 0.394 e. The average Bonchev–Trinajstić information content (AvgIpc) is 2.83. The molecule has 8 heteroatoms. The van der Waals surface area contributed by atoms with Gasteiger partial charge in [0.25, 0.3) is 5.91 Å². The lowest BCUT2D eigenvalue weighted by Gasteiger charge is -2.56. The number of hydrogen-bond acceptors (Lipinski definition) is 5. The lowest BCUT2D eigenvalue weighted by atomic mass is 9.65. The molecule has 2 N–H and O–H groups in total. The molecule has 0 unspecified atom stereocenters. The van der Waals surface area contributed by atoms with Crippen LogP contribution >= 0.6 is 0 Å². The van der Waals surface area contributed by atoms with Crippen LogP contribution in [0.5, 0.6) is 0 Å². The zero-order chi connectivity index (χ0) is 26.3. The Kier molecular flexibility index (Phi) is 7.39. The number of carboxylic acids is 1. The summed E-state index contributed by atoms with van der Waals surface area (Å²) < 4.78 is 0. The average molecular weight is 510 g/mol. The van der Waals surface area contributed by atoms with Gasteiger partial charge in [-0.3, -0.25) is 19.3 Å². The van der Waals surface area contributed by atoms with Crippen molar-refractivity contribution in [1.29, 1.82) is 0 Å². The molecule has 200 valence electrons. The second-order valence-electron chi connectivity index (χ2n) is 12.0. The van der Waals surface area contributed by atoms with E-state index in [2.05, 4.69) is 17.1 Å². The van der Waals surface area contributed by atoms with E-state index >= 15 is 0 Å². The second-order valence-corrected chi connectivity index (χ2v) is 12.0. The first-order chi connectivity index (χ1) is 17.7. The summed E-state index contributed by atoms with van der Waals surface area (Å²) in [6, 6.07) is 7.82. The van der Waals surface area contributed by atoms with Gasteiger partial charge in [0, 0.05) is 31.1 Å². The minimum Gasteiger partial charge on any atom is -0.474 e. The van der Waals surface area contributed by atoms with Crippen LogP contribution in [0, 0.1) is 17.8 Å². The van der Waals surface area contributed by atoms with Gasteiger partial charge in [0.2, 0.25) is 5.78 Å². The van der Waals surface area contributed by atoms with Crippen LogP contribution in [-0.4, -0.2) is 57.7 Å². The summed E-state index contributed by atoms with van der Waals surface area (Å²) in [5.41, 5.74) is 0.612. The Morgan fingerprint density at radius 3 is 2.11 bits per heavy atom. The number of piperidine rings is 2. The smallest absolute Gasteiger partial charge is 0.394 e. The molecule has 4 bridgehead atoms. The van der Waals surface area contributed by atoms with Gasteiger partial charge in [0.1, 0.15) is 0 Å². The SMILES string of the molecule is CC(=O)C(=O)N(c1ccccc1NC(=O)C(=O)O)[C@H]1C[C@H]2CCC[C@@H](C1)N2[C@H]1C[C@@H]2C[C@@H](C)C[C@@H](C2)C1. The number of hydrogen-bond donors (Lipinski definition) is 2. The molecule has 0 radical (unpaired) electrons. The molecule has 5 rings (SSSR count). The molecule has 7 atom stereocenters. The van der Waals surface area contributed by atoms with E-state index in [1.54, 1.807) is 29.2 Å². The summed E-state index contributed by atoms with van der Waals surface area (Å²) >= 11 is 0. The zero-order valence-corrected chi connectivity index (χ0v) is 21.9. The third kappa shape index (κ3) is 5.31. The van der Waals surface area contributed by atoms with Gasteiger partial charge in [-0.05, 0) is 87.7 Å². The Morgan fingerprint density at radius 1 is 0.892 bits per heavy atom. The van der Waals surface area contributed by atoms with Crippen molar-refractivity contribution in [2.24, 2.45) is 17.8 Å². The van der Waals surface area contributed by atoms with Crippen molar-refractivity contribution in [1.82, 2.24) is 4.90 Å². The number of Topliss-reactive ketones (excluding diaryl/α,β-unsaturated/α-hetero) is 1. The fourth-order valence-electron chi connectivity index (χ4n) is 8.19. The third-order valence-corrected chi connectivity index (χ3v) is 9.27. The number of amides is 2. The van der Waals surface area contributed by atoms with E-state index in [4.69, 9.17) is 5.11 Å². The largest absolute Gasteiger partial charge is 0.474 e. The standard InChI is InChI=1S/C29H39N3O5/c1-17-10-19-12-20(11-17)14-23(13-19)31-21-6-5-7-22(31)16-24(15-21)32(28(35)18(2)33)26-9-4-3-8-25(26)30-27(34)29(36)37/h3-4,8-9,17,19-24H,5-7,10-16H2,1-2H3,(H,30,34)(H,36,37)/t17-,19-,20+,21-,22+,23+,24+. The van der Waals surface area contributed by atoms with E-state index in [9.17, 15) is 19.2 Å². The number of rotatable bonds is 5. The molecular weight excluding hydrogens is 470 g/mol. The number of carboxylic acid groups (broad SMARTS) is 1. The first-order valence-electron chi connectivity index (χ1n) is 14.0. The van der Waals surface area contributed by atoms with Gasteiger partial charge in [0.05, 0.1) is 11.4 Å². The molecule has 37 heavy (non-hydrogen) atoms. The fraction of sp³-hybridized carbons (Fsp3) is 0.655. The summed E-state index contributed by atoms with van der Waals surface area (Å²) in [5, 5.41) is 11.5. The molecule has 2 aliphatic heterocycles. The number of aliphatic carboxylic acids is 1. The highest BCUT2D eigenvalue weighted by atomic mass is 16.4. The number of carbonyl (C=O) groups excluding carboxylic acids is 3. The van der Waals surface area contributed by atoms with Crippen molar-refractivity contribution in [3.8, 4) is 0 Å². The molecule has 0 aromatic heterocycles. The maximum absolute atomic E-state index is 13.3. The highest BCUT2D eigenvalue weighted by Gasteiger charge is 2.47. The number of para-hydroxylation sites is 2. The second kappa shape index (κ2) is 10.6. The zero-order valence-electron chi connectivity index (χ0n) is 21.9. The van der Waals surface area contributed by atoms with E-state index in [1.165, 1.54) is 45.4 Å². The lowest BCUT2D eigenvalue weighted by molar-refractivity contribution is -0.147. The molecule has 1 aromatic rings. The van der Waals surface area contributed by atoms with Crippen molar-refractivity contribution >= 4 is 34.9 Å². The Hall–Kier alpha value is -2.74. The molecule has 2 amide bonds. The summed E-state index contributed by atoms with van der Waals surface area (Å²) in [4.78, 5) is 53.2. The Labute approximate surface area is 218 Å². The maximum atomic E-state index is 13.3. The van der Waals surface area contributed by atoms with Gasteiger partial charge < -0.3 is 15.3 Å². The van der Waals surface area contributed by atoms with Crippen molar-refractivity contribution in [2.45, 2.75) is 102 Å². The van der Waals surface area contributed by atoms with Crippen LogP contribution in [0.15, 0.2) is 24.3 Å². The van der Waals surface area contributed by atoms with E-state index < -0.39 is 23.6 Å². The normalized spacial score (nSPS) is 33.3. The van der Waals surface area contributed by atoms with Gasteiger partial charge in [-0.2, -0.15) is 0 Å². The predicted molar refractivity (Wildman–Crippen MR) is 140 cm³/mol. The Balaban J connectivity index is 1.41. The number of benzene rings is 1. The topological polar surface area (TPSA) is 107 Å². The molecule has 0 spiro atoms. The number of ketones is 1. The highest BCUT2D eigenvalue weighted by molar-refractivity contribution is 6.41. The molecule has 4 fully saturated rings. The number of anilines is 2. The van der Waals surface area contributed by atoms with Gasteiger partial charge in [-0.1, -0.05) is 25.5 Å². The minimum atomic E-state index is -1.60. The first-order valence-corrected chi connectivity index (χ1v) is 14.0. The Morgan fingerprint density at radius 2 is 1.51 bits per heavy atom. The predicted octanol–water partition coefficient (Wildman–Crippen LogP) is 4.23. The van der Waals surface area contributed by atoms with Gasteiger partial charge in [0.15, 0.2) is 0 Å². The van der Waals surface area contributed by atoms with Crippen LogP contribution < -0.4 is 10.2 Å². The van der Waals surface area contributed by atoms with Crippen LogP contribution in [-0.2, 0) is 19.2 Å². The number of nitrogens with zero attached hydrogens (tertiary/aromatic N) is 2. The van der Waals surface area contributed by atoms with Crippen molar-refractivity contribution in [3.63, 3.8) is 0 Å². The van der Waals surface area contributed by atoms with Crippen LogP contribution in [0.1, 0.15) is 78.1 Å². The van der Waals surface area contributed by atoms with Crippen molar-refractivity contribution in [3.05, 3.63) is 24.3 Å². The number of carbonyl (C=O) groups is 4. The summed E-state index contributed by atoms with van der Waals surface area (Å²) in [6.07, 6.45) is 11.5. The third-order valence-electron chi connectivity index (χ3n) is 9.27. The minimum absolute atomic E-state index is 0.186. The number of fused-ring (bicyclic) bond motifs is 4. The van der Waals surface area contributed by atoms with Crippen LogP contribution in [0.4, 0.5) is 11.4 Å². The van der Waals surface area contributed by atoms with E-state index in [0.29, 0.717) is 23.8 Å². The molecule has 2 aliphatic carbocycles. The Bertz CT molecular complexity index is 1040. The molecule has 2 saturated heterocycles. The monoisotopic (exact) mass is 509 g/mol. The van der Waals surface area contributed by atoms with Crippen LogP contribution in [0.2, 0.25) is 0 Å². The van der Waals surface area contributed by atoms with Crippen molar-refractivity contribution in [2.75, 3.05) is 10.2 Å². The summed E-state index contributed by atoms with van der Waals surface area (Å²) in [6.45, 7) is 3.67.